The fourth-order valence-corrected chi connectivity index (χ4v) is 0.995. The molecular formula is C10H20O4. The molecule has 0 aromatic heterocycles. The maximum atomic E-state index is 10.8. The van der Waals surface area contributed by atoms with Gasteiger partial charge in [0.2, 0.25) is 0 Å². The van der Waals surface area contributed by atoms with E-state index >= 15 is 0 Å². The molecule has 0 aliphatic heterocycles. The zero-order valence-electron chi connectivity index (χ0n) is 9.40. The highest BCUT2D eigenvalue weighted by Crippen LogP contribution is 2.31. The standard InChI is InChI=1S/C10H20O4/c1-9(2,3)6(11)7(12)10(4,5)8(13)14/h6-7,11-12H,1-5H3,(H,13,14). The summed E-state index contributed by atoms with van der Waals surface area (Å²) in [4.78, 5) is 10.8. The van der Waals surface area contributed by atoms with Crippen molar-refractivity contribution in [3.8, 4) is 0 Å². The molecular weight excluding hydrogens is 184 g/mol. The molecule has 0 amide bonds. The van der Waals surface area contributed by atoms with Crippen molar-refractivity contribution < 1.29 is 20.1 Å². The first kappa shape index (κ1) is 13.4. The monoisotopic (exact) mass is 204 g/mol. The minimum absolute atomic E-state index is 0.536. The lowest BCUT2D eigenvalue weighted by atomic mass is 9.75. The molecule has 84 valence electrons. The van der Waals surface area contributed by atoms with Gasteiger partial charge in [-0.15, -0.1) is 0 Å². The van der Waals surface area contributed by atoms with Crippen molar-refractivity contribution in [3.05, 3.63) is 0 Å². The minimum atomic E-state index is -1.34. The Kier molecular flexibility index (Phi) is 3.70. The Morgan fingerprint density at radius 3 is 1.57 bits per heavy atom. The van der Waals surface area contributed by atoms with Crippen LogP contribution in [-0.2, 0) is 4.79 Å². The van der Waals surface area contributed by atoms with Gasteiger partial charge in [0.05, 0.1) is 17.6 Å². The second kappa shape index (κ2) is 3.87. The van der Waals surface area contributed by atoms with Crippen LogP contribution in [0.2, 0.25) is 0 Å². The van der Waals surface area contributed by atoms with Gasteiger partial charge in [-0.25, -0.2) is 0 Å². The van der Waals surface area contributed by atoms with Gasteiger partial charge in [0.15, 0.2) is 0 Å². The highest BCUT2D eigenvalue weighted by Gasteiger charge is 2.43. The molecule has 0 aliphatic rings. The van der Waals surface area contributed by atoms with E-state index in [1.165, 1.54) is 13.8 Å². The van der Waals surface area contributed by atoms with Crippen molar-refractivity contribution in [2.75, 3.05) is 0 Å². The number of carboxylic acids is 1. The first-order valence-corrected chi connectivity index (χ1v) is 4.60. The first-order valence-electron chi connectivity index (χ1n) is 4.60. The topological polar surface area (TPSA) is 77.8 Å². The van der Waals surface area contributed by atoms with Crippen LogP contribution in [0.1, 0.15) is 34.6 Å². The van der Waals surface area contributed by atoms with Gasteiger partial charge in [0.1, 0.15) is 0 Å². The molecule has 3 N–H and O–H groups in total. The van der Waals surface area contributed by atoms with Crippen LogP contribution in [-0.4, -0.2) is 33.5 Å². The Morgan fingerprint density at radius 1 is 1.00 bits per heavy atom. The minimum Gasteiger partial charge on any atom is -0.481 e. The van der Waals surface area contributed by atoms with Crippen molar-refractivity contribution in [2.24, 2.45) is 10.8 Å². The van der Waals surface area contributed by atoms with Gasteiger partial charge in [0, 0.05) is 0 Å². The molecule has 4 nitrogen and oxygen atoms in total. The summed E-state index contributed by atoms with van der Waals surface area (Å²) < 4.78 is 0. The van der Waals surface area contributed by atoms with E-state index in [1.807, 2.05) is 0 Å². The number of aliphatic hydroxyl groups is 2. The van der Waals surface area contributed by atoms with Gasteiger partial charge in [-0.1, -0.05) is 20.8 Å². The average Bonchev–Trinajstić information content (AvgIpc) is 1.99. The number of aliphatic hydroxyl groups excluding tert-OH is 2. The summed E-state index contributed by atoms with van der Waals surface area (Å²) in [6, 6.07) is 0. The lowest BCUT2D eigenvalue weighted by Gasteiger charge is -2.36. The predicted molar refractivity (Wildman–Crippen MR) is 52.9 cm³/mol. The summed E-state index contributed by atoms with van der Waals surface area (Å²) in [7, 11) is 0. The number of carbonyl (C=O) groups is 1. The fourth-order valence-electron chi connectivity index (χ4n) is 0.995. The van der Waals surface area contributed by atoms with Crippen LogP contribution in [0.4, 0.5) is 0 Å². The van der Waals surface area contributed by atoms with Crippen LogP contribution in [0, 0.1) is 10.8 Å². The summed E-state index contributed by atoms with van der Waals surface area (Å²) >= 11 is 0. The van der Waals surface area contributed by atoms with E-state index in [0.29, 0.717) is 0 Å². The van der Waals surface area contributed by atoms with Crippen molar-refractivity contribution >= 4 is 5.97 Å². The maximum absolute atomic E-state index is 10.8. The molecule has 0 radical (unpaired) electrons. The molecule has 0 fully saturated rings. The van der Waals surface area contributed by atoms with Gasteiger partial charge in [-0.2, -0.15) is 0 Å². The molecule has 0 bridgehead atoms. The Bertz CT molecular complexity index is 215. The highest BCUT2D eigenvalue weighted by molar-refractivity contribution is 5.74. The third-order valence-electron chi connectivity index (χ3n) is 2.48. The first-order chi connectivity index (χ1) is 6.01. The zero-order valence-corrected chi connectivity index (χ0v) is 9.40. The zero-order chi connectivity index (χ0) is 11.7. The number of hydrogen-bond donors (Lipinski definition) is 3. The molecule has 0 aromatic rings. The largest absolute Gasteiger partial charge is 0.481 e. The van der Waals surface area contributed by atoms with E-state index < -0.39 is 29.0 Å². The van der Waals surface area contributed by atoms with Gasteiger partial charge in [-0.3, -0.25) is 4.79 Å². The predicted octanol–water partition coefficient (Wildman–Crippen LogP) is 0.865. The van der Waals surface area contributed by atoms with Crippen molar-refractivity contribution in [2.45, 2.75) is 46.8 Å². The van der Waals surface area contributed by atoms with Crippen LogP contribution in [0.25, 0.3) is 0 Å². The molecule has 0 saturated carbocycles. The fraction of sp³-hybridized carbons (Fsp3) is 0.900. The van der Waals surface area contributed by atoms with Gasteiger partial charge < -0.3 is 15.3 Å². The summed E-state index contributed by atoms with van der Waals surface area (Å²) in [5.41, 5.74) is -1.88. The lowest BCUT2D eigenvalue weighted by Crippen LogP contribution is -2.49. The summed E-state index contributed by atoms with van der Waals surface area (Å²) in [6.45, 7) is 8.04. The quantitative estimate of drug-likeness (QED) is 0.637. The molecule has 14 heavy (non-hydrogen) atoms. The Labute approximate surface area is 84.6 Å². The molecule has 0 saturated heterocycles. The van der Waals surface area contributed by atoms with E-state index in [2.05, 4.69) is 0 Å². The molecule has 4 heteroatoms. The van der Waals surface area contributed by atoms with Crippen molar-refractivity contribution in [1.82, 2.24) is 0 Å². The molecule has 0 rings (SSSR count). The second-order valence-corrected chi connectivity index (χ2v) is 5.28. The molecule has 0 heterocycles. The van der Waals surface area contributed by atoms with Crippen LogP contribution < -0.4 is 0 Å². The third-order valence-corrected chi connectivity index (χ3v) is 2.48. The van der Waals surface area contributed by atoms with E-state index in [0.717, 1.165) is 0 Å². The van der Waals surface area contributed by atoms with E-state index in [4.69, 9.17) is 5.11 Å². The van der Waals surface area contributed by atoms with Gasteiger partial charge in [0.25, 0.3) is 0 Å². The summed E-state index contributed by atoms with van der Waals surface area (Å²) in [5.74, 6) is -1.12. The van der Waals surface area contributed by atoms with Crippen LogP contribution in [0.5, 0.6) is 0 Å². The Balaban J connectivity index is 4.79. The Morgan fingerprint density at radius 2 is 1.36 bits per heavy atom. The van der Waals surface area contributed by atoms with E-state index in [1.54, 1.807) is 20.8 Å². The summed E-state index contributed by atoms with van der Waals surface area (Å²) in [5, 5.41) is 28.3. The number of hydrogen-bond acceptors (Lipinski definition) is 3. The smallest absolute Gasteiger partial charge is 0.311 e. The molecule has 2 unspecified atom stereocenters. The Hall–Kier alpha value is -0.610. The normalized spacial score (nSPS) is 17.6. The second-order valence-electron chi connectivity index (χ2n) is 5.28. The maximum Gasteiger partial charge on any atom is 0.311 e. The van der Waals surface area contributed by atoms with Crippen LogP contribution >= 0.6 is 0 Å². The average molecular weight is 204 g/mol. The SMILES string of the molecule is CC(C)(C)C(O)C(O)C(C)(C)C(=O)O. The summed E-state index contributed by atoms with van der Waals surface area (Å²) in [6.07, 6.45) is -2.34. The molecule has 0 aliphatic carbocycles. The number of carboxylic acid groups (broad SMARTS) is 1. The van der Waals surface area contributed by atoms with E-state index in [-0.39, 0.29) is 0 Å². The lowest BCUT2D eigenvalue weighted by molar-refractivity contribution is -0.163. The van der Waals surface area contributed by atoms with Crippen LogP contribution in [0.15, 0.2) is 0 Å². The van der Waals surface area contributed by atoms with Gasteiger partial charge in [-0.05, 0) is 19.3 Å². The highest BCUT2D eigenvalue weighted by atomic mass is 16.4. The van der Waals surface area contributed by atoms with Gasteiger partial charge >= 0.3 is 5.97 Å². The van der Waals surface area contributed by atoms with Crippen molar-refractivity contribution in [1.29, 1.82) is 0 Å². The van der Waals surface area contributed by atoms with Crippen molar-refractivity contribution in [3.63, 3.8) is 0 Å². The number of aliphatic carboxylic acids is 1. The third kappa shape index (κ3) is 2.69. The number of rotatable bonds is 3. The molecule has 0 spiro atoms. The molecule has 0 aromatic carbocycles. The van der Waals surface area contributed by atoms with E-state index in [9.17, 15) is 15.0 Å². The molecule has 2 atom stereocenters. The van der Waals surface area contributed by atoms with Crippen LogP contribution in [0.3, 0.4) is 0 Å².